The summed E-state index contributed by atoms with van der Waals surface area (Å²) in [7, 11) is 0. The van der Waals surface area contributed by atoms with Crippen LogP contribution >= 0.6 is 11.3 Å². The first kappa shape index (κ1) is 14.8. The molecular weight excluding hydrogens is 276 g/mol. The maximum atomic E-state index is 12.3. The van der Waals surface area contributed by atoms with Gasteiger partial charge in [0.1, 0.15) is 5.54 Å². The van der Waals surface area contributed by atoms with Crippen molar-refractivity contribution in [3.63, 3.8) is 0 Å². The maximum Gasteiger partial charge on any atom is 0.329 e. The second kappa shape index (κ2) is 5.83. The highest BCUT2D eigenvalue weighted by molar-refractivity contribution is 7.08. The van der Waals surface area contributed by atoms with Gasteiger partial charge in [-0.15, -0.1) is 0 Å². The number of nitrogens with one attached hydrogen (secondary N) is 1. The molecule has 0 aromatic carbocycles. The summed E-state index contributed by atoms with van der Waals surface area (Å²) in [5.74, 6) is -0.931. The van der Waals surface area contributed by atoms with Gasteiger partial charge in [0.05, 0.1) is 0 Å². The molecule has 2 N–H and O–H groups in total. The third kappa shape index (κ3) is 2.80. The van der Waals surface area contributed by atoms with Crippen molar-refractivity contribution in [2.24, 2.45) is 0 Å². The number of carboxylic acids is 1. The molecule has 1 aromatic rings. The number of urea groups is 1. The topological polar surface area (TPSA) is 69.6 Å². The molecule has 20 heavy (non-hydrogen) atoms. The zero-order chi connectivity index (χ0) is 14.8. The maximum absolute atomic E-state index is 12.3. The fourth-order valence-electron chi connectivity index (χ4n) is 2.50. The Morgan fingerprint density at radius 3 is 2.80 bits per heavy atom. The predicted octanol–water partition coefficient (Wildman–Crippen LogP) is 2.60. The van der Waals surface area contributed by atoms with Crippen LogP contribution in [0.1, 0.15) is 37.3 Å². The first-order valence-electron chi connectivity index (χ1n) is 6.75. The number of hydrogen-bond donors (Lipinski definition) is 2. The van der Waals surface area contributed by atoms with Gasteiger partial charge >= 0.3 is 12.0 Å². The Kier molecular flexibility index (Phi) is 4.32. The summed E-state index contributed by atoms with van der Waals surface area (Å²) in [5, 5.41) is 16.3. The van der Waals surface area contributed by atoms with Crippen molar-refractivity contribution in [2.75, 3.05) is 6.54 Å². The second-order valence-corrected chi connectivity index (χ2v) is 6.17. The Morgan fingerprint density at radius 2 is 2.20 bits per heavy atom. The van der Waals surface area contributed by atoms with Crippen molar-refractivity contribution in [3.05, 3.63) is 21.9 Å². The molecule has 1 unspecified atom stereocenters. The summed E-state index contributed by atoms with van der Waals surface area (Å²) in [4.78, 5) is 25.2. The number of carbonyl (C=O) groups excluding carboxylic acids is 1. The number of hydrogen-bond acceptors (Lipinski definition) is 3. The van der Waals surface area contributed by atoms with Crippen LogP contribution in [0, 0.1) is 6.92 Å². The first-order valence-corrected chi connectivity index (χ1v) is 7.70. The lowest BCUT2D eigenvalue weighted by molar-refractivity contribution is -0.150. The Balaban J connectivity index is 2.03. The van der Waals surface area contributed by atoms with E-state index in [-0.39, 0.29) is 6.03 Å². The molecule has 2 amide bonds. The van der Waals surface area contributed by atoms with Crippen molar-refractivity contribution in [1.29, 1.82) is 0 Å². The van der Waals surface area contributed by atoms with Crippen molar-refractivity contribution in [3.8, 4) is 0 Å². The third-order valence-corrected chi connectivity index (χ3v) is 4.90. The predicted molar refractivity (Wildman–Crippen MR) is 77.9 cm³/mol. The third-order valence-electron chi connectivity index (χ3n) is 3.99. The van der Waals surface area contributed by atoms with E-state index in [0.717, 1.165) is 24.0 Å². The fourth-order valence-corrected chi connectivity index (χ4v) is 3.36. The molecule has 2 heterocycles. The quantitative estimate of drug-likeness (QED) is 0.900. The van der Waals surface area contributed by atoms with Crippen molar-refractivity contribution < 1.29 is 14.7 Å². The molecule has 1 aliphatic rings. The van der Waals surface area contributed by atoms with Crippen LogP contribution in [0.4, 0.5) is 4.79 Å². The largest absolute Gasteiger partial charge is 0.480 e. The number of carbonyl (C=O) groups is 2. The van der Waals surface area contributed by atoms with Gasteiger partial charge in [-0.3, -0.25) is 0 Å². The Labute approximate surface area is 122 Å². The summed E-state index contributed by atoms with van der Waals surface area (Å²) in [6.45, 7) is 4.57. The van der Waals surface area contributed by atoms with Crippen molar-refractivity contribution in [1.82, 2.24) is 10.2 Å². The zero-order valence-electron chi connectivity index (χ0n) is 11.8. The molecule has 5 nitrogen and oxygen atoms in total. The average molecular weight is 296 g/mol. The minimum absolute atomic E-state index is 0.291. The summed E-state index contributed by atoms with van der Waals surface area (Å²) in [6.07, 6.45) is 2.21. The van der Waals surface area contributed by atoms with Crippen LogP contribution in [0.2, 0.25) is 0 Å². The molecular formula is C14H20N2O3S. The van der Waals surface area contributed by atoms with Gasteiger partial charge in [0, 0.05) is 13.1 Å². The Morgan fingerprint density at radius 1 is 1.45 bits per heavy atom. The molecule has 1 fully saturated rings. The van der Waals surface area contributed by atoms with Crippen LogP contribution < -0.4 is 5.32 Å². The lowest BCUT2D eigenvalue weighted by Crippen LogP contribution is -2.59. The standard InChI is InChI=1S/C14H20N2O3S/c1-10-8-20-9-11(10)7-15-13(19)16-6-4-3-5-14(16,2)12(17)18/h8-9H,3-7H2,1-2H3,(H,15,19)(H,17,18). The summed E-state index contributed by atoms with van der Waals surface area (Å²) in [6, 6.07) is -0.291. The van der Waals surface area contributed by atoms with E-state index in [1.165, 1.54) is 4.90 Å². The molecule has 110 valence electrons. The average Bonchev–Trinajstić information content (AvgIpc) is 2.82. The molecule has 0 spiro atoms. The minimum Gasteiger partial charge on any atom is -0.480 e. The van der Waals surface area contributed by atoms with Crippen LogP contribution in [0.3, 0.4) is 0 Å². The van der Waals surface area contributed by atoms with Crippen LogP contribution in [-0.4, -0.2) is 34.1 Å². The zero-order valence-corrected chi connectivity index (χ0v) is 12.6. The van der Waals surface area contributed by atoms with E-state index in [1.807, 2.05) is 17.7 Å². The lowest BCUT2D eigenvalue weighted by atomic mass is 9.89. The SMILES string of the molecule is Cc1cscc1CNC(=O)N1CCCCC1(C)C(=O)O. The lowest BCUT2D eigenvalue weighted by Gasteiger charge is -2.41. The van der Waals surface area contributed by atoms with Crippen molar-refractivity contribution in [2.45, 2.75) is 45.2 Å². The van der Waals surface area contributed by atoms with E-state index in [2.05, 4.69) is 5.32 Å². The fraction of sp³-hybridized carbons (Fsp3) is 0.571. The molecule has 6 heteroatoms. The van der Waals surface area contributed by atoms with E-state index in [0.29, 0.717) is 19.5 Å². The molecule has 1 saturated heterocycles. The van der Waals surface area contributed by atoms with Gasteiger partial charge in [0.2, 0.25) is 0 Å². The van der Waals surface area contributed by atoms with Gasteiger partial charge in [0.25, 0.3) is 0 Å². The van der Waals surface area contributed by atoms with E-state index in [9.17, 15) is 14.7 Å². The van der Waals surface area contributed by atoms with Crippen LogP contribution in [-0.2, 0) is 11.3 Å². The van der Waals surface area contributed by atoms with Crippen LogP contribution in [0.25, 0.3) is 0 Å². The first-order chi connectivity index (χ1) is 9.45. The number of likely N-dealkylation sites (tertiary alicyclic amines) is 1. The highest BCUT2D eigenvalue weighted by Gasteiger charge is 2.43. The Hall–Kier alpha value is -1.56. The number of aliphatic carboxylic acids is 1. The summed E-state index contributed by atoms with van der Waals surface area (Å²) < 4.78 is 0. The Bertz CT molecular complexity index is 514. The van der Waals surface area contributed by atoms with Gasteiger partial charge in [-0.25, -0.2) is 9.59 Å². The molecule has 1 atom stereocenters. The normalized spacial score (nSPS) is 22.6. The smallest absolute Gasteiger partial charge is 0.329 e. The number of carboxylic acid groups (broad SMARTS) is 1. The minimum atomic E-state index is -1.09. The van der Waals surface area contributed by atoms with Gasteiger partial charge < -0.3 is 15.3 Å². The van der Waals surface area contributed by atoms with Gasteiger partial charge in [-0.05, 0) is 55.0 Å². The molecule has 0 bridgehead atoms. The van der Waals surface area contributed by atoms with E-state index >= 15 is 0 Å². The second-order valence-electron chi connectivity index (χ2n) is 5.43. The highest BCUT2D eigenvalue weighted by Crippen LogP contribution is 2.28. The highest BCUT2D eigenvalue weighted by atomic mass is 32.1. The molecule has 0 radical (unpaired) electrons. The molecule has 1 aliphatic heterocycles. The molecule has 0 saturated carbocycles. The van der Waals surface area contributed by atoms with Crippen molar-refractivity contribution >= 4 is 23.3 Å². The number of nitrogens with zero attached hydrogens (tertiary/aromatic N) is 1. The monoisotopic (exact) mass is 296 g/mol. The molecule has 0 aliphatic carbocycles. The van der Waals surface area contributed by atoms with Gasteiger partial charge in [-0.1, -0.05) is 0 Å². The van der Waals surface area contributed by atoms with Crippen LogP contribution in [0.15, 0.2) is 10.8 Å². The molecule has 2 rings (SSSR count). The summed E-state index contributed by atoms with van der Waals surface area (Å²) >= 11 is 1.60. The van der Waals surface area contributed by atoms with E-state index in [4.69, 9.17) is 0 Å². The number of piperidine rings is 1. The van der Waals surface area contributed by atoms with E-state index < -0.39 is 11.5 Å². The van der Waals surface area contributed by atoms with Gasteiger partial charge in [-0.2, -0.15) is 11.3 Å². The number of amides is 2. The molecule has 1 aromatic heterocycles. The number of thiophene rings is 1. The number of aryl methyl sites for hydroxylation is 1. The summed E-state index contributed by atoms with van der Waals surface area (Å²) in [5.41, 5.74) is 1.14. The van der Waals surface area contributed by atoms with E-state index in [1.54, 1.807) is 18.3 Å². The van der Waals surface area contributed by atoms with Crippen LogP contribution in [0.5, 0.6) is 0 Å². The van der Waals surface area contributed by atoms with Gasteiger partial charge in [0.15, 0.2) is 0 Å². The number of rotatable bonds is 3.